The first-order valence-corrected chi connectivity index (χ1v) is 20.3. The predicted molar refractivity (Wildman–Crippen MR) is 219 cm³/mol. The predicted octanol–water partition coefficient (Wildman–Crippen LogP) is 5.71. The molecule has 0 spiro atoms. The molecule has 2 aliphatic carbocycles. The van der Waals surface area contributed by atoms with E-state index in [4.69, 9.17) is 28.3 Å². The van der Waals surface area contributed by atoms with Gasteiger partial charge in [-0.15, -0.1) is 0 Å². The number of unbranched alkanes of at least 4 members (excludes halogenated alkanes) is 2. The molecule has 0 amide bonds. The monoisotopic (exact) mass is 822 g/mol. The Labute approximate surface area is 340 Å². The Morgan fingerprint density at radius 1 is 0.603 bits per heavy atom. The average Bonchev–Trinajstić information content (AvgIpc) is 4.14. The van der Waals surface area contributed by atoms with E-state index >= 15 is 0 Å². The lowest BCUT2D eigenvalue weighted by Crippen LogP contribution is -2.25. The van der Waals surface area contributed by atoms with Crippen LogP contribution in [0.1, 0.15) is 75.1 Å². The maximum atomic E-state index is 13.2. The van der Waals surface area contributed by atoms with Gasteiger partial charge >= 0.3 is 11.4 Å². The Hall–Kier alpha value is -5.71. The summed E-state index contributed by atoms with van der Waals surface area (Å²) in [6.45, 7) is 2.07. The van der Waals surface area contributed by atoms with Crippen LogP contribution in [0.2, 0.25) is 10.3 Å². The highest BCUT2D eigenvalue weighted by Gasteiger charge is 2.31. The van der Waals surface area contributed by atoms with Crippen molar-refractivity contribution < 1.29 is 9.90 Å². The molecule has 18 heteroatoms. The molecule has 2 saturated carbocycles. The molecule has 2 aliphatic rings. The number of carbonyl (C=O) groups is 1. The maximum absolute atomic E-state index is 13.2. The number of pyridine rings is 4. The molecule has 298 valence electrons. The fourth-order valence-corrected chi connectivity index (χ4v) is 8.02. The largest absolute Gasteiger partial charge is 0.396 e. The van der Waals surface area contributed by atoms with E-state index < -0.39 is 0 Å². The van der Waals surface area contributed by atoms with Gasteiger partial charge in [-0.05, 0) is 81.3 Å². The van der Waals surface area contributed by atoms with E-state index in [1.807, 2.05) is 38.0 Å². The van der Waals surface area contributed by atoms with Gasteiger partial charge in [0.2, 0.25) is 0 Å². The van der Waals surface area contributed by atoms with E-state index in [1.165, 1.54) is 0 Å². The Morgan fingerprint density at radius 3 is 1.53 bits per heavy atom. The Kier molecular flexibility index (Phi) is 10.4. The van der Waals surface area contributed by atoms with Crippen LogP contribution in [0, 0.1) is 0 Å². The van der Waals surface area contributed by atoms with E-state index in [2.05, 4.69) is 34.5 Å². The Morgan fingerprint density at radius 2 is 1.09 bits per heavy atom. The van der Waals surface area contributed by atoms with Gasteiger partial charge < -0.3 is 19.0 Å². The van der Waals surface area contributed by atoms with Crippen LogP contribution < -0.4 is 11.4 Å². The molecule has 0 atom stereocenters. The molecule has 0 saturated heterocycles. The summed E-state index contributed by atoms with van der Waals surface area (Å²) in [5.74, 6) is 1.45. The molecule has 0 bridgehead atoms. The molecule has 1 N–H and O–H groups in total. The van der Waals surface area contributed by atoms with Crippen molar-refractivity contribution in [2.24, 2.45) is 0 Å². The van der Waals surface area contributed by atoms with Gasteiger partial charge in [-0.3, -0.25) is 28.2 Å². The minimum absolute atomic E-state index is 0.0320. The van der Waals surface area contributed by atoms with Crippen molar-refractivity contribution in [2.75, 3.05) is 6.61 Å². The van der Waals surface area contributed by atoms with Crippen molar-refractivity contribution in [3.8, 4) is 0 Å². The van der Waals surface area contributed by atoms with Crippen LogP contribution in [0.4, 0.5) is 0 Å². The van der Waals surface area contributed by atoms with Gasteiger partial charge in [0.25, 0.3) is 0 Å². The molecule has 0 radical (unpaired) electrons. The molecular formula is C40H40Cl2N12O4. The van der Waals surface area contributed by atoms with E-state index in [0.29, 0.717) is 72.9 Å². The normalized spacial score (nSPS) is 14.2. The zero-order chi connectivity index (χ0) is 39.9. The van der Waals surface area contributed by atoms with Crippen molar-refractivity contribution in [1.29, 1.82) is 0 Å². The lowest BCUT2D eigenvalue weighted by atomic mass is 10.3. The fourth-order valence-electron chi connectivity index (χ4n) is 7.73. The van der Waals surface area contributed by atoms with Gasteiger partial charge in [0.05, 0.1) is 58.6 Å². The average molecular weight is 824 g/mol. The number of aliphatic hydroxyl groups excluding tert-OH is 1. The van der Waals surface area contributed by atoms with Crippen LogP contribution >= 0.6 is 23.2 Å². The molecule has 0 aromatic carbocycles. The second-order valence-corrected chi connectivity index (χ2v) is 15.5. The van der Waals surface area contributed by atoms with Crippen molar-refractivity contribution in [3.05, 3.63) is 104 Å². The number of nitrogens with zero attached hydrogens (tertiary/aromatic N) is 12. The number of carbonyl (C=O) groups excluding carboxylic acids is 1. The van der Waals surface area contributed by atoms with Crippen LogP contribution in [0.3, 0.4) is 0 Å². The molecule has 58 heavy (non-hydrogen) atoms. The topological polar surface area (TPSA) is 178 Å². The van der Waals surface area contributed by atoms with Gasteiger partial charge in [-0.25, -0.2) is 29.5 Å². The third-order valence-electron chi connectivity index (χ3n) is 10.8. The van der Waals surface area contributed by atoms with Crippen LogP contribution in [0.5, 0.6) is 0 Å². The minimum atomic E-state index is -0.0482. The third kappa shape index (κ3) is 7.20. The Bertz CT molecular complexity index is 2930. The number of imidazole rings is 4. The zero-order valence-corrected chi connectivity index (χ0v) is 33.0. The molecule has 8 aromatic rings. The summed E-state index contributed by atoms with van der Waals surface area (Å²) in [5, 5.41) is 9.91. The highest BCUT2D eigenvalue weighted by atomic mass is 35.5. The molecule has 16 nitrogen and oxygen atoms in total. The number of rotatable bonds is 14. The number of hydrogen-bond acceptors (Lipinski definition) is 10. The van der Waals surface area contributed by atoms with Gasteiger partial charge in [0.1, 0.15) is 28.2 Å². The van der Waals surface area contributed by atoms with Gasteiger partial charge in [0.15, 0.2) is 11.3 Å². The molecule has 8 heterocycles. The highest BCUT2D eigenvalue weighted by molar-refractivity contribution is 6.30. The zero-order valence-electron chi connectivity index (χ0n) is 31.5. The van der Waals surface area contributed by atoms with Crippen LogP contribution in [-0.2, 0) is 31.0 Å². The smallest absolute Gasteiger partial charge is 0.329 e. The summed E-state index contributed by atoms with van der Waals surface area (Å²) in [5.41, 5.74) is 6.15. The third-order valence-corrected chi connectivity index (χ3v) is 11.2. The Balaban J connectivity index is 0.000000150. The number of fused-ring (bicyclic) bond motifs is 4. The number of hydrogen-bond donors (Lipinski definition) is 1. The molecular weight excluding hydrogens is 783 g/mol. The van der Waals surface area contributed by atoms with Crippen molar-refractivity contribution in [2.45, 2.75) is 89.6 Å². The second kappa shape index (κ2) is 15.9. The fraction of sp³-hybridized carbons (Fsp3) is 0.375. The highest BCUT2D eigenvalue weighted by Crippen LogP contribution is 2.37. The van der Waals surface area contributed by atoms with E-state index in [1.54, 1.807) is 46.1 Å². The van der Waals surface area contributed by atoms with Crippen LogP contribution in [-0.4, -0.2) is 75.3 Å². The number of aldehydes is 1. The first-order valence-electron chi connectivity index (χ1n) is 19.5. The van der Waals surface area contributed by atoms with Gasteiger partial charge in [0, 0.05) is 50.6 Å². The lowest BCUT2D eigenvalue weighted by Gasteiger charge is -2.09. The standard InChI is InChI=1S/C20H21ClN6O2.C20H19ClN6O2/c2*21-17-6-5-15-19(23-17)24-18(25(15)9-1-2-10-28)12-26-16-11-22-8-7-14(16)27(20(26)29)13-3-4-13/h5-8,11,13,28H,1-4,9-10,12H2;5-8,10-11,13H,1-4,9,12H2. The van der Waals surface area contributed by atoms with Crippen molar-refractivity contribution in [1.82, 2.24) is 57.3 Å². The lowest BCUT2D eigenvalue weighted by molar-refractivity contribution is -0.107. The van der Waals surface area contributed by atoms with E-state index in [0.717, 1.165) is 77.3 Å². The maximum Gasteiger partial charge on any atom is 0.329 e. The quantitative estimate of drug-likeness (QED) is 0.0812. The summed E-state index contributed by atoms with van der Waals surface area (Å²) in [6, 6.07) is 11.6. The first kappa shape index (κ1) is 37.8. The summed E-state index contributed by atoms with van der Waals surface area (Å²) < 4.78 is 11.3. The number of aryl methyl sites for hydroxylation is 2. The number of aliphatic hydroxyl groups is 1. The number of halogens is 2. The first-order chi connectivity index (χ1) is 28.3. The summed E-state index contributed by atoms with van der Waals surface area (Å²) >= 11 is 12.1. The second-order valence-electron chi connectivity index (χ2n) is 14.7. The van der Waals surface area contributed by atoms with Crippen LogP contribution in [0.15, 0.2) is 70.8 Å². The van der Waals surface area contributed by atoms with Crippen molar-refractivity contribution in [3.63, 3.8) is 0 Å². The van der Waals surface area contributed by atoms with E-state index in [9.17, 15) is 14.4 Å². The molecule has 10 rings (SSSR count). The summed E-state index contributed by atoms with van der Waals surface area (Å²) in [4.78, 5) is 63.6. The number of aromatic nitrogens is 12. The summed E-state index contributed by atoms with van der Waals surface area (Å²) in [7, 11) is 0. The molecule has 0 unspecified atom stereocenters. The molecule has 2 fully saturated rings. The van der Waals surface area contributed by atoms with E-state index in [-0.39, 0.29) is 30.1 Å². The van der Waals surface area contributed by atoms with Crippen LogP contribution in [0.25, 0.3) is 44.4 Å². The molecule has 0 aliphatic heterocycles. The minimum Gasteiger partial charge on any atom is -0.396 e. The summed E-state index contributed by atoms with van der Waals surface area (Å²) in [6.07, 6.45) is 14.6. The SMILES string of the molecule is O=CCCCn1c(Cn2c(=O)n(C3CC3)c3ccncc32)nc2nc(Cl)ccc21.O=c1n(Cc2nc3nc(Cl)ccc3n2CCCCO)c2cnccc2n1C1CC1. The van der Waals surface area contributed by atoms with Gasteiger partial charge in [-0.2, -0.15) is 0 Å². The molecule has 8 aromatic heterocycles. The van der Waals surface area contributed by atoms with Gasteiger partial charge in [-0.1, -0.05) is 23.2 Å². The van der Waals surface area contributed by atoms with Crippen molar-refractivity contribution >= 4 is 73.9 Å².